The van der Waals surface area contributed by atoms with E-state index in [9.17, 15) is 9.59 Å². The Bertz CT molecular complexity index is 554. The van der Waals surface area contributed by atoms with Crippen LogP contribution in [0.15, 0.2) is 18.2 Å². The second kappa shape index (κ2) is 6.45. The van der Waals surface area contributed by atoms with E-state index in [4.69, 9.17) is 17.3 Å². The first-order chi connectivity index (χ1) is 10.0. The van der Waals surface area contributed by atoms with Gasteiger partial charge in [-0.25, -0.2) is 4.79 Å². The van der Waals surface area contributed by atoms with Gasteiger partial charge in [0.25, 0.3) is 0 Å². The van der Waals surface area contributed by atoms with Crippen molar-refractivity contribution in [3.63, 3.8) is 0 Å². The van der Waals surface area contributed by atoms with E-state index in [1.807, 2.05) is 0 Å². The van der Waals surface area contributed by atoms with Crippen molar-refractivity contribution in [2.24, 2.45) is 11.1 Å². The highest BCUT2D eigenvalue weighted by molar-refractivity contribution is 6.34. The van der Waals surface area contributed by atoms with Gasteiger partial charge in [0.05, 0.1) is 28.8 Å². The molecule has 21 heavy (non-hydrogen) atoms. The number of amides is 1. The van der Waals surface area contributed by atoms with E-state index in [1.54, 1.807) is 12.1 Å². The van der Waals surface area contributed by atoms with E-state index >= 15 is 0 Å². The molecule has 0 aromatic heterocycles. The summed E-state index contributed by atoms with van der Waals surface area (Å²) in [4.78, 5) is 24.0. The van der Waals surface area contributed by atoms with Crippen LogP contribution in [0.2, 0.25) is 5.02 Å². The lowest BCUT2D eigenvalue weighted by Gasteiger charge is -2.26. The third kappa shape index (κ3) is 3.19. The first-order valence-electron chi connectivity index (χ1n) is 6.92. The molecule has 6 heteroatoms. The lowest BCUT2D eigenvalue weighted by Crippen LogP contribution is -2.40. The number of halogens is 1. The van der Waals surface area contributed by atoms with E-state index in [0.29, 0.717) is 22.8 Å². The lowest BCUT2D eigenvalue weighted by atomic mass is 9.85. The molecule has 1 aliphatic rings. The molecule has 114 valence electrons. The average molecular weight is 311 g/mol. The molecule has 1 aromatic rings. The highest BCUT2D eigenvalue weighted by Gasteiger charge is 2.40. The maximum Gasteiger partial charge on any atom is 0.337 e. The van der Waals surface area contributed by atoms with Crippen molar-refractivity contribution in [2.45, 2.75) is 25.7 Å². The summed E-state index contributed by atoms with van der Waals surface area (Å²) < 4.78 is 4.66. The molecule has 0 radical (unpaired) electrons. The summed E-state index contributed by atoms with van der Waals surface area (Å²) in [5, 5.41) is 3.18. The Morgan fingerprint density at radius 3 is 2.62 bits per heavy atom. The molecular formula is C15H19ClN2O3. The SMILES string of the molecule is COC(=O)c1ccc(Cl)c(NC(=O)C2(CN)CCCC2)c1. The third-order valence-corrected chi connectivity index (χ3v) is 4.40. The predicted molar refractivity (Wildman–Crippen MR) is 81.4 cm³/mol. The maximum absolute atomic E-state index is 12.5. The Kier molecular flexibility index (Phi) is 4.85. The van der Waals surface area contributed by atoms with E-state index in [2.05, 4.69) is 10.1 Å². The largest absolute Gasteiger partial charge is 0.465 e. The van der Waals surface area contributed by atoms with Crippen LogP contribution in [0.1, 0.15) is 36.0 Å². The number of benzene rings is 1. The van der Waals surface area contributed by atoms with Crippen LogP contribution in [0, 0.1) is 5.41 Å². The lowest BCUT2D eigenvalue weighted by molar-refractivity contribution is -0.124. The number of nitrogens with two attached hydrogens (primary N) is 1. The van der Waals surface area contributed by atoms with Gasteiger partial charge in [0, 0.05) is 6.54 Å². The summed E-state index contributed by atoms with van der Waals surface area (Å²) in [6.07, 6.45) is 3.56. The number of methoxy groups -OCH3 is 1. The Balaban J connectivity index is 2.22. The minimum absolute atomic E-state index is 0.133. The fourth-order valence-electron chi connectivity index (χ4n) is 2.70. The number of hydrogen-bond acceptors (Lipinski definition) is 4. The van der Waals surface area contributed by atoms with Gasteiger partial charge in [-0.05, 0) is 31.0 Å². The molecule has 0 spiro atoms. The summed E-state index contributed by atoms with van der Waals surface area (Å²) in [5.41, 5.74) is 6.02. The fourth-order valence-corrected chi connectivity index (χ4v) is 2.86. The number of anilines is 1. The van der Waals surface area contributed by atoms with Crippen LogP contribution in [0.4, 0.5) is 5.69 Å². The third-order valence-electron chi connectivity index (χ3n) is 4.07. The second-order valence-corrected chi connectivity index (χ2v) is 5.74. The molecule has 0 unspecified atom stereocenters. The van der Waals surface area contributed by atoms with Gasteiger partial charge in [-0.1, -0.05) is 24.4 Å². The standard InChI is InChI=1S/C15H19ClN2O3/c1-21-13(19)10-4-5-11(16)12(8-10)18-14(20)15(9-17)6-2-3-7-15/h4-5,8H,2-3,6-7,9,17H2,1H3,(H,18,20). The number of esters is 1. The molecule has 0 saturated heterocycles. The number of hydrogen-bond donors (Lipinski definition) is 2. The molecule has 1 amide bonds. The van der Waals surface area contributed by atoms with Gasteiger partial charge in [-0.15, -0.1) is 0 Å². The van der Waals surface area contributed by atoms with Gasteiger partial charge in [0.15, 0.2) is 0 Å². The van der Waals surface area contributed by atoms with Crippen LogP contribution in [-0.4, -0.2) is 25.5 Å². The molecule has 2 rings (SSSR count). The first kappa shape index (κ1) is 15.8. The van der Waals surface area contributed by atoms with Crippen molar-refractivity contribution in [2.75, 3.05) is 19.0 Å². The highest BCUT2D eigenvalue weighted by atomic mass is 35.5. The summed E-state index contributed by atoms with van der Waals surface area (Å²) in [7, 11) is 1.30. The van der Waals surface area contributed by atoms with Crippen LogP contribution < -0.4 is 11.1 Å². The van der Waals surface area contributed by atoms with E-state index < -0.39 is 11.4 Å². The quantitative estimate of drug-likeness (QED) is 0.838. The molecule has 0 atom stereocenters. The molecule has 0 bridgehead atoms. The van der Waals surface area contributed by atoms with Crippen molar-refractivity contribution in [1.82, 2.24) is 0 Å². The van der Waals surface area contributed by atoms with Crippen LogP contribution in [-0.2, 0) is 9.53 Å². The topological polar surface area (TPSA) is 81.4 Å². The summed E-state index contributed by atoms with van der Waals surface area (Å²) in [6.45, 7) is 0.313. The van der Waals surface area contributed by atoms with Crippen LogP contribution >= 0.6 is 11.6 Å². The summed E-state index contributed by atoms with van der Waals surface area (Å²) in [6, 6.07) is 4.64. The molecule has 1 fully saturated rings. The minimum Gasteiger partial charge on any atom is -0.465 e. The number of ether oxygens (including phenoxy) is 1. The minimum atomic E-state index is -0.523. The fraction of sp³-hybridized carbons (Fsp3) is 0.467. The van der Waals surface area contributed by atoms with Crippen molar-refractivity contribution in [1.29, 1.82) is 0 Å². The van der Waals surface area contributed by atoms with E-state index in [1.165, 1.54) is 13.2 Å². The van der Waals surface area contributed by atoms with Crippen molar-refractivity contribution < 1.29 is 14.3 Å². The van der Waals surface area contributed by atoms with E-state index in [-0.39, 0.29) is 5.91 Å². The molecule has 1 saturated carbocycles. The number of rotatable bonds is 4. The van der Waals surface area contributed by atoms with Crippen molar-refractivity contribution >= 4 is 29.2 Å². The molecular weight excluding hydrogens is 292 g/mol. The summed E-state index contributed by atoms with van der Waals surface area (Å²) >= 11 is 6.09. The number of carbonyl (C=O) groups excluding carboxylic acids is 2. The highest BCUT2D eigenvalue weighted by Crippen LogP contribution is 2.38. The van der Waals surface area contributed by atoms with Crippen LogP contribution in [0.5, 0.6) is 0 Å². The molecule has 0 heterocycles. The Morgan fingerprint density at radius 1 is 1.38 bits per heavy atom. The zero-order valence-corrected chi connectivity index (χ0v) is 12.7. The van der Waals surface area contributed by atoms with Crippen molar-refractivity contribution in [3.8, 4) is 0 Å². The van der Waals surface area contributed by atoms with Gasteiger partial charge in [-0.3, -0.25) is 4.79 Å². The zero-order chi connectivity index (χ0) is 15.5. The maximum atomic E-state index is 12.5. The first-order valence-corrected chi connectivity index (χ1v) is 7.29. The second-order valence-electron chi connectivity index (χ2n) is 5.33. The Hall–Kier alpha value is -1.59. The average Bonchev–Trinajstić information content (AvgIpc) is 2.98. The molecule has 0 aliphatic heterocycles. The van der Waals surface area contributed by atoms with Gasteiger partial charge >= 0.3 is 5.97 Å². The molecule has 1 aliphatic carbocycles. The van der Waals surface area contributed by atoms with E-state index in [0.717, 1.165) is 25.7 Å². The zero-order valence-electron chi connectivity index (χ0n) is 11.9. The Labute approximate surface area is 128 Å². The van der Waals surface area contributed by atoms with Gasteiger partial charge in [0.2, 0.25) is 5.91 Å². The van der Waals surface area contributed by atoms with Gasteiger partial charge in [-0.2, -0.15) is 0 Å². The van der Waals surface area contributed by atoms with Crippen LogP contribution in [0.25, 0.3) is 0 Å². The monoisotopic (exact) mass is 310 g/mol. The van der Waals surface area contributed by atoms with Crippen LogP contribution in [0.3, 0.4) is 0 Å². The van der Waals surface area contributed by atoms with Gasteiger partial charge in [0.1, 0.15) is 0 Å². The van der Waals surface area contributed by atoms with Gasteiger partial charge < -0.3 is 15.8 Å². The molecule has 1 aromatic carbocycles. The van der Waals surface area contributed by atoms with Crippen molar-refractivity contribution in [3.05, 3.63) is 28.8 Å². The molecule has 3 N–H and O–H groups in total. The smallest absolute Gasteiger partial charge is 0.337 e. The number of nitrogens with one attached hydrogen (secondary N) is 1. The molecule has 5 nitrogen and oxygen atoms in total. The Morgan fingerprint density at radius 2 is 2.05 bits per heavy atom. The summed E-state index contributed by atoms with van der Waals surface area (Å²) in [5.74, 6) is -0.608. The normalized spacial score (nSPS) is 16.5. The predicted octanol–water partition coefficient (Wildman–Crippen LogP) is 2.58. The number of carbonyl (C=O) groups is 2.